The molecule has 0 aliphatic rings. The molecule has 0 spiro atoms. The summed E-state index contributed by atoms with van der Waals surface area (Å²) in [5.41, 5.74) is 7.82. The molecule has 1 heterocycles. The predicted octanol–water partition coefficient (Wildman–Crippen LogP) is -0.867. The molecule has 0 saturated heterocycles. The Hall–Kier alpha value is -1.40. The number of carbonyl (C=O) groups is 1. The van der Waals surface area contributed by atoms with Crippen molar-refractivity contribution in [3.8, 4) is 0 Å². The van der Waals surface area contributed by atoms with Gasteiger partial charge in [-0.3, -0.25) is 9.63 Å². The van der Waals surface area contributed by atoms with Crippen molar-refractivity contribution in [1.29, 1.82) is 0 Å². The second kappa shape index (κ2) is 4.58. The third-order valence-electron chi connectivity index (χ3n) is 1.45. The van der Waals surface area contributed by atoms with Crippen LogP contribution in [0.3, 0.4) is 0 Å². The molecule has 0 saturated carbocycles. The topological polar surface area (TPSA) is 82.2 Å². The molecule has 1 rings (SSSR count). The van der Waals surface area contributed by atoms with Crippen LogP contribution in [0.15, 0.2) is 12.5 Å². The monoisotopic (exact) mass is 184 g/mol. The number of amides is 1. The largest absolute Gasteiger partial charge is 0.335 e. The Balaban J connectivity index is 2.62. The number of hydroxylamine groups is 1. The highest BCUT2D eigenvalue weighted by Crippen LogP contribution is 1.95. The van der Waals surface area contributed by atoms with Crippen LogP contribution in [0.2, 0.25) is 0 Å². The molecule has 1 aromatic heterocycles. The molecule has 0 aliphatic carbocycles. The molecule has 0 bridgehead atoms. The standard InChI is InChI=1S/C7H12N4O2/c1-13-10-7(12)6-4-11(3-2-8)5-9-6/h4-5H,2-3,8H2,1H3,(H,10,12). The molecule has 72 valence electrons. The number of hydrogen-bond donors (Lipinski definition) is 2. The number of carbonyl (C=O) groups excluding carboxylic acids is 1. The SMILES string of the molecule is CONC(=O)c1cn(CCN)cn1. The van der Waals surface area contributed by atoms with Gasteiger partial charge in [-0.1, -0.05) is 0 Å². The molecule has 0 unspecified atom stereocenters. The minimum atomic E-state index is -0.363. The van der Waals surface area contributed by atoms with E-state index in [1.54, 1.807) is 17.1 Å². The summed E-state index contributed by atoms with van der Waals surface area (Å²) < 4.78 is 1.74. The second-order valence-corrected chi connectivity index (χ2v) is 2.42. The average molecular weight is 184 g/mol. The molecule has 1 aromatic rings. The van der Waals surface area contributed by atoms with Gasteiger partial charge in [0, 0.05) is 19.3 Å². The van der Waals surface area contributed by atoms with Gasteiger partial charge in [0.05, 0.1) is 13.4 Å². The van der Waals surface area contributed by atoms with Gasteiger partial charge in [0.15, 0.2) is 0 Å². The molecule has 1 amide bonds. The van der Waals surface area contributed by atoms with Crippen LogP contribution in [0, 0.1) is 0 Å². The van der Waals surface area contributed by atoms with Gasteiger partial charge in [-0.05, 0) is 0 Å². The van der Waals surface area contributed by atoms with Gasteiger partial charge in [-0.15, -0.1) is 0 Å². The van der Waals surface area contributed by atoms with E-state index in [1.807, 2.05) is 0 Å². The lowest BCUT2D eigenvalue weighted by Crippen LogP contribution is -2.22. The fourth-order valence-electron chi connectivity index (χ4n) is 0.894. The summed E-state index contributed by atoms with van der Waals surface area (Å²) in [4.78, 5) is 19.4. The van der Waals surface area contributed by atoms with Crippen molar-refractivity contribution in [3.63, 3.8) is 0 Å². The van der Waals surface area contributed by atoms with Crippen LogP contribution in [0.5, 0.6) is 0 Å². The maximum Gasteiger partial charge on any atom is 0.294 e. The van der Waals surface area contributed by atoms with E-state index in [2.05, 4.69) is 15.3 Å². The van der Waals surface area contributed by atoms with E-state index in [0.717, 1.165) is 0 Å². The number of rotatable bonds is 4. The highest BCUT2D eigenvalue weighted by Gasteiger charge is 2.07. The van der Waals surface area contributed by atoms with E-state index in [-0.39, 0.29) is 5.91 Å². The Morgan fingerprint density at radius 1 is 1.85 bits per heavy atom. The van der Waals surface area contributed by atoms with Crippen molar-refractivity contribution >= 4 is 5.91 Å². The lowest BCUT2D eigenvalue weighted by Gasteiger charge is -1.97. The quantitative estimate of drug-likeness (QED) is 0.596. The lowest BCUT2D eigenvalue weighted by atomic mass is 10.4. The van der Waals surface area contributed by atoms with Crippen LogP contribution >= 0.6 is 0 Å². The highest BCUT2D eigenvalue weighted by atomic mass is 16.6. The fraction of sp³-hybridized carbons (Fsp3) is 0.429. The molecular weight excluding hydrogens is 172 g/mol. The molecular formula is C7H12N4O2. The van der Waals surface area contributed by atoms with E-state index in [4.69, 9.17) is 5.73 Å². The number of nitrogens with two attached hydrogens (primary N) is 1. The molecule has 13 heavy (non-hydrogen) atoms. The highest BCUT2D eigenvalue weighted by molar-refractivity contribution is 5.91. The van der Waals surface area contributed by atoms with Gasteiger partial charge >= 0.3 is 0 Å². The summed E-state index contributed by atoms with van der Waals surface area (Å²) in [5, 5.41) is 0. The minimum absolute atomic E-state index is 0.315. The number of aromatic nitrogens is 2. The van der Waals surface area contributed by atoms with Gasteiger partial charge in [0.2, 0.25) is 0 Å². The predicted molar refractivity (Wildman–Crippen MR) is 45.8 cm³/mol. The molecule has 6 nitrogen and oxygen atoms in total. The molecule has 3 N–H and O–H groups in total. The lowest BCUT2D eigenvalue weighted by molar-refractivity contribution is 0.0533. The summed E-state index contributed by atoms with van der Waals surface area (Å²) in [6.07, 6.45) is 3.17. The van der Waals surface area contributed by atoms with E-state index < -0.39 is 0 Å². The fourth-order valence-corrected chi connectivity index (χ4v) is 0.894. The minimum Gasteiger partial charge on any atom is -0.335 e. The zero-order valence-electron chi connectivity index (χ0n) is 7.36. The van der Waals surface area contributed by atoms with Crippen LogP contribution in [-0.4, -0.2) is 29.1 Å². The van der Waals surface area contributed by atoms with Gasteiger partial charge in [0.25, 0.3) is 5.91 Å². The average Bonchev–Trinajstić information content (AvgIpc) is 2.54. The summed E-state index contributed by atoms with van der Waals surface area (Å²) in [6, 6.07) is 0. The molecule has 0 aromatic carbocycles. The Labute approximate surface area is 75.6 Å². The summed E-state index contributed by atoms with van der Waals surface area (Å²) in [5.74, 6) is -0.363. The van der Waals surface area contributed by atoms with Crippen LogP contribution in [0.1, 0.15) is 10.5 Å². The molecule has 0 radical (unpaired) electrons. The van der Waals surface area contributed by atoms with Crippen molar-refractivity contribution in [2.75, 3.05) is 13.7 Å². The Kier molecular flexibility index (Phi) is 3.41. The van der Waals surface area contributed by atoms with E-state index in [0.29, 0.717) is 18.8 Å². The first kappa shape index (κ1) is 9.69. The van der Waals surface area contributed by atoms with Gasteiger partial charge < -0.3 is 10.3 Å². The van der Waals surface area contributed by atoms with E-state index >= 15 is 0 Å². The zero-order valence-corrected chi connectivity index (χ0v) is 7.36. The number of imidazole rings is 1. The smallest absolute Gasteiger partial charge is 0.294 e. The van der Waals surface area contributed by atoms with E-state index in [9.17, 15) is 4.79 Å². The van der Waals surface area contributed by atoms with Crippen molar-refractivity contribution in [1.82, 2.24) is 15.0 Å². The van der Waals surface area contributed by atoms with Crippen LogP contribution < -0.4 is 11.2 Å². The van der Waals surface area contributed by atoms with Crippen molar-refractivity contribution in [3.05, 3.63) is 18.2 Å². The first-order valence-electron chi connectivity index (χ1n) is 3.83. The third-order valence-corrected chi connectivity index (χ3v) is 1.45. The number of hydrogen-bond acceptors (Lipinski definition) is 4. The van der Waals surface area contributed by atoms with Crippen molar-refractivity contribution in [2.24, 2.45) is 5.73 Å². The maximum atomic E-state index is 11.1. The first-order valence-corrected chi connectivity index (χ1v) is 3.83. The normalized spacial score (nSPS) is 10.0. The summed E-state index contributed by atoms with van der Waals surface area (Å²) in [6.45, 7) is 1.16. The third kappa shape index (κ3) is 2.53. The van der Waals surface area contributed by atoms with Crippen molar-refractivity contribution in [2.45, 2.75) is 6.54 Å². The maximum absolute atomic E-state index is 11.1. The second-order valence-electron chi connectivity index (χ2n) is 2.42. The number of nitrogens with one attached hydrogen (secondary N) is 1. The Morgan fingerprint density at radius 2 is 2.62 bits per heavy atom. The summed E-state index contributed by atoms with van der Waals surface area (Å²) >= 11 is 0. The number of nitrogens with zero attached hydrogens (tertiary/aromatic N) is 2. The molecule has 0 aliphatic heterocycles. The zero-order chi connectivity index (χ0) is 9.68. The molecule has 0 fully saturated rings. The van der Waals surface area contributed by atoms with Gasteiger partial charge in [0.1, 0.15) is 5.69 Å². The molecule has 6 heteroatoms. The Morgan fingerprint density at radius 3 is 3.23 bits per heavy atom. The van der Waals surface area contributed by atoms with Crippen LogP contribution in [0.25, 0.3) is 0 Å². The van der Waals surface area contributed by atoms with Crippen LogP contribution in [-0.2, 0) is 11.4 Å². The van der Waals surface area contributed by atoms with Crippen molar-refractivity contribution < 1.29 is 9.63 Å². The van der Waals surface area contributed by atoms with Gasteiger partial charge in [-0.2, -0.15) is 0 Å². The van der Waals surface area contributed by atoms with E-state index in [1.165, 1.54) is 7.11 Å². The molecule has 0 atom stereocenters. The first-order chi connectivity index (χ1) is 6.27. The van der Waals surface area contributed by atoms with Gasteiger partial charge in [-0.25, -0.2) is 10.5 Å². The van der Waals surface area contributed by atoms with Crippen LogP contribution in [0.4, 0.5) is 0 Å². The Bertz CT molecular complexity index is 284. The summed E-state index contributed by atoms with van der Waals surface area (Å²) in [7, 11) is 1.37.